The Labute approximate surface area is 124 Å². The summed E-state index contributed by atoms with van der Waals surface area (Å²) in [5.41, 5.74) is -0.0534. The van der Waals surface area contributed by atoms with Crippen LogP contribution < -0.4 is 0 Å². The van der Waals surface area contributed by atoms with Crippen molar-refractivity contribution in [1.29, 1.82) is 0 Å². The van der Waals surface area contributed by atoms with E-state index in [2.05, 4.69) is 0 Å². The van der Waals surface area contributed by atoms with E-state index in [9.17, 15) is 10.2 Å². The zero-order valence-corrected chi connectivity index (χ0v) is 12.4. The molecule has 1 unspecified atom stereocenters. The molecule has 1 aromatic rings. The molecule has 0 bridgehead atoms. The lowest BCUT2D eigenvalue weighted by molar-refractivity contribution is -0.0836. The monoisotopic (exact) mass is 302 g/mol. The van der Waals surface area contributed by atoms with Crippen LogP contribution in [0, 0.1) is 0 Å². The molecule has 1 aliphatic carbocycles. The summed E-state index contributed by atoms with van der Waals surface area (Å²) >= 11 is 11.8. The Morgan fingerprint density at radius 3 is 2.26 bits per heavy atom. The zero-order chi connectivity index (χ0) is 13.9. The topological polar surface area (TPSA) is 40.5 Å². The molecule has 4 heteroatoms. The Morgan fingerprint density at radius 2 is 1.68 bits per heavy atom. The van der Waals surface area contributed by atoms with E-state index in [4.69, 9.17) is 23.2 Å². The fraction of sp³-hybridized carbons (Fsp3) is 0.600. The molecule has 0 spiro atoms. The summed E-state index contributed by atoms with van der Waals surface area (Å²) < 4.78 is 0. The third-order valence-electron chi connectivity index (χ3n) is 4.00. The van der Waals surface area contributed by atoms with Crippen molar-refractivity contribution in [2.45, 2.75) is 56.7 Å². The number of aliphatic hydroxyl groups is 2. The fourth-order valence-corrected chi connectivity index (χ4v) is 3.07. The van der Waals surface area contributed by atoms with E-state index in [-0.39, 0.29) is 0 Å². The van der Waals surface area contributed by atoms with Crippen LogP contribution in [0.4, 0.5) is 0 Å². The SMILES string of the molecule is OC(Cc1ccc(Cl)c(Cl)c1)C1(O)CCCCCC1. The molecule has 1 atom stereocenters. The van der Waals surface area contributed by atoms with Gasteiger partial charge in [0.25, 0.3) is 0 Å². The molecule has 1 fully saturated rings. The molecule has 0 amide bonds. The van der Waals surface area contributed by atoms with Crippen molar-refractivity contribution in [1.82, 2.24) is 0 Å². The van der Waals surface area contributed by atoms with Gasteiger partial charge in [0.1, 0.15) is 0 Å². The highest BCUT2D eigenvalue weighted by Gasteiger charge is 2.35. The highest BCUT2D eigenvalue weighted by Crippen LogP contribution is 2.32. The minimum Gasteiger partial charge on any atom is -0.390 e. The first-order valence-electron chi connectivity index (χ1n) is 6.86. The maximum absolute atomic E-state index is 10.6. The van der Waals surface area contributed by atoms with Gasteiger partial charge in [-0.05, 0) is 30.5 Å². The molecule has 0 radical (unpaired) electrons. The third-order valence-corrected chi connectivity index (χ3v) is 4.74. The first-order chi connectivity index (χ1) is 9.01. The van der Waals surface area contributed by atoms with Crippen LogP contribution in [-0.4, -0.2) is 21.9 Å². The second-order valence-corrected chi connectivity index (χ2v) is 6.30. The maximum atomic E-state index is 10.6. The minimum absolute atomic E-state index is 0.410. The van der Waals surface area contributed by atoms with Crippen molar-refractivity contribution < 1.29 is 10.2 Å². The van der Waals surface area contributed by atoms with E-state index in [1.165, 1.54) is 0 Å². The molecule has 1 aliphatic rings. The van der Waals surface area contributed by atoms with E-state index >= 15 is 0 Å². The van der Waals surface area contributed by atoms with Crippen LogP contribution in [0.1, 0.15) is 44.1 Å². The van der Waals surface area contributed by atoms with Crippen LogP contribution in [0.25, 0.3) is 0 Å². The minimum atomic E-state index is -0.956. The number of halogens is 2. The Hall–Kier alpha value is -0.280. The van der Waals surface area contributed by atoms with Gasteiger partial charge in [0, 0.05) is 6.42 Å². The van der Waals surface area contributed by atoms with Crippen molar-refractivity contribution >= 4 is 23.2 Å². The van der Waals surface area contributed by atoms with E-state index in [1.807, 2.05) is 6.07 Å². The summed E-state index contributed by atoms with van der Waals surface area (Å²) in [6.07, 6.45) is 5.26. The molecular weight excluding hydrogens is 283 g/mol. The molecule has 0 heterocycles. The van der Waals surface area contributed by atoms with Crippen LogP contribution in [0.5, 0.6) is 0 Å². The van der Waals surface area contributed by atoms with Gasteiger partial charge in [0.2, 0.25) is 0 Å². The molecule has 1 aromatic carbocycles. The summed E-state index contributed by atoms with van der Waals surface area (Å²) in [5.74, 6) is 0. The van der Waals surface area contributed by atoms with Crippen LogP contribution in [0.15, 0.2) is 18.2 Å². The smallest absolute Gasteiger partial charge is 0.0908 e. The predicted octanol–water partition coefficient (Wildman–Crippen LogP) is 3.98. The number of hydrogen-bond donors (Lipinski definition) is 2. The standard InChI is InChI=1S/C15H20Cl2O2/c16-12-6-5-11(9-13(12)17)10-14(18)15(19)7-3-1-2-4-8-15/h5-6,9,14,18-19H,1-4,7-8,10H2. The van der Waals surface area contributed by atoms with E-state index in [0.29, 0.717) is 29.3 Å². The summed E-state index contributed by atoms with van der Waals surface area (Å²) in [6.45, 7) is 0. The van der Waals surface area contributed by atoms with Gasteiger partial charge in [0.05, 0.1) is 21.8 Å². The van der Waals surface area contributed by atoms with Gasteiger partial charge in [-0.2, -0.15) is 0 Å². The molecule has 2 N–H and O–H groups in total. The quantitative estimate of drug-likeness (QED) is 0.829. The molecule has 106 valence electrons. The van der Waals surface area contributed by atoms with Gasteiger partial charge in [-0.25, -0.2) is 0 Å². The first kappa shape index (κ1) is 15.1. The van der Waals surface area contributed by atoms with Crippen LogP contribution >= 0.6 is 23.2 Å². The van der Waals surface area contributed by atoms with Gasteiger partial charge in [-0.1, -0.05) is 55.0 Å². The molecule has 0 aliphatic heterocycles. The lowest BCUT2D eigenvalue weighted by Gasteiger charge is -2.32. The van der Waals surface area contributed by atoms with Crippen LogP contribution in [0.2, 0.25) is 10.0 Å². The maximum Gasteiger partial charge on any atom is 0.0908 e. The van der Waals surface area contributed by atoms with Crippen molar-refractivity contribution in [2.75, 3.05) is 0 Å². The van der Waals surface area contributed by atoms with Crippen molar-refractivity contribution in [2.24, 2.45) is 0 Å². The van der Waals surface area contributed by atoms with Crippen LogP contribution in [-0.2, 0) is 6.42 Å². The summed E-state index contributed by atoms with van der Waals surface area (Å²) in [5, 5.41) is 21.9. The summed E-state index contributed by atoms with van der Waals surface area (Å²) in [4.78, 5) is 0. The number of benzene rings is 1. The highest BCUT2D eigenvalue weighted by molar-refractivity contribution is 6.42. The second kappa shape index (κ2) is 6.45. The average Bonchev–Trinajstić information content (AvgIpc) is 2.60. The number of aliphatic hydroxyl groups excluding tert-OH is 1. The molecular formula is C15H20Cl2O2. The summed E-state index contributed by atoms with van der Waals surface area (Å²) in [7, 11) is 0. The Kier molecular flexibility index (Phi) is 5.13. The second-order valence-electron chi connectivity index (χ2n) is 5.49. The summed E-state index contributed by atoms with van der Waals surface area (Å²) in [6, 6.07) is 5.33. The number of hydrogen-bond acceptors (Lipinski definition) is 2. The fourth-order valence-electron chi connectivity index (χ4n) is 2.75. The highest BCUT2D eigenvalue weighted by atomic mass is 35.5. The molecule has 0 saturated heterocycles. The van der Waals surface area contributed by atoms with Crippen molar-refractivity contribution in [3.05, 3.63) is 33.8 Å². The lowest BCUT2D eigenvalue weighted by atomic mass is 9.85. The van der Waals surface area contributed by atoms with Crippen molar-refractivity contribution in [3.63, 3.8) is 0 Å². The third kappa shape index (κ3) is 3.85. The van der Waals surface area contributed by atoms with Gasteiger partial charge >= 0.3 is 0 Å². The van der Waals surface area contributed by atoms with Gasteiger partial charge in [0.15, 0.2) is 0 Å². The zero-order valence-electron chi connectivity index (χ0n) is 10.9. The molecule has 2 nitrogen and oxygen atoms in total. The van der Waals surface area contributed by atoms with E-state index in [1.54, 1.807) is 12.1 Å². The Bertz CT molecular complexity index is 426. The normalized spacial score (nSPS) is 20.8. The Balaban J connectivity index is 2.06. The van der Waals surface area contributed by atoms with Crippen molar-refractivity contribution in [3.8, 4) is 0 Å². The van der Waals surface area contributed by atoms with Gasteiger partial charge < -0.3 is 10.2 Å². The molecule has 0 aromatic heterocycles. The molecule has 2 rings (SSSR count). The van der Waals surface area contributed by atoms with E-state index in [0.717, 1.165) is 31.2 Å². The van der Waals surface area contributed by atoms with Gasteiger partial charge in [-0.3, -0.25) is 0 Å². The predicted molar refractivity (Wildman–Crippen MR) is 78.8 cm³/mol. The van der Waals surface area contributed by atoms with E-state index < -0.39 is 11.7 Å². The number of rotatable bonds is 3. The van der Waals surface area contributed by atoms with Crippen LogP contribution in [0.3, 0.4) is 0 Å². The average molecular weight is 303 g/mol. The largest absolute Gasteiger partial charge is 0.390 e. The first-order valence-corrected chi connectivity index (χ1v) is 7.61. The molecule has 1 saturated carbocycles. The van der Waals surface area contributed by atoms with Gasteiger partial charge in [-0.15, -0.1) is 0 Å². The molecule has 19 heavy (non-hydrogen) atoms. The lowest BCUT2D eigenvalue weighted by Crippen LogP contribution is -2.43. The Morgan fingerprint density at radius 1 is 1.05 bits per heavy atom.